The average Bonchev–Trinajstić information content (AvgIpc) is 3.19. The molecule has 1 amide bonds. The number of hydrogen-bond donors (Lipinski definition) is 1. The molecule has 2 fully saturated rings. The first kappa shape index (κ1) is 16.3. The molecule has 1 unspecified atom stereocenters. The fraction of sp³-hybridized carbons (Fsp3) is 0.588. The molecule has 1 saturated heterocycles. The summed E-state index contributed by atoms with van der Waals surface area (Å²) in [6, 6.07) is 10.3. The highest BCUT2D eigenvalue weighted by atomic mass is 35.5. The van der Waals surface area contributed by atoms with Crippen LogP contribution >= 0.6 is 12.4 Å². The summed E-state index contributed by atoms with van der Waals surface area (Å²) < 4.78 is 0. The van der Waals surface area contributed by atoms with Gasteiger partial charge in [0, 0.05) is 19.0 Å². The monoisotopic (exact) mass is 308 g/mol. The third kappa shape index (κ3) is 3.41. The summed E-state index contributed by atoms with van der Waals surface area (Å²) in [6.45, 7) is 5.79. The van der Waals surface area contributed by atoms with Gasteiger partial charge in [-0.05, 0) is 50.3 Å². The maximum absolute atomic E-state index is 12.7. The minimum absolute atomic E-state index is 0. The maximum Gasteiger partial charge on any atom is 0.226 e. The van der Waals surface area contributed by atoms with Crippen molar-refractivity contribution in [3.05, 3.63) is 35.9 Å². The van der Waals surface area contributed by atoms with Crippen LogP contribution in [0.1, 0.15) is 31.7 Å². The minimum atomic E-state index is 0. The molecule has 1 atom stereocenters. The average molecular weight is 309 g/mol. The molecule has 1 aliphatic heterocycles. The van der Waals surface area contributed by atoms with Crippen LogP contribution in [0.4, 0.5) is 0 Å². The lowest BCUT2D eigenvalue weighted by Crippen LogP contribution is -2.36. The second-order valence-corrected chi connectivity index (χ2v) is 6.21. The van der Waals surface area contributed by atoms with E-state index in [4.69, 9.17) is 0 Å². The lowest BCUT2D eigenvalue weighted by molar-refractivity contribution is -0.134. The van der Waals surface area contributed by atoms with Gasteiger partial charge in [0.2, 0.25) is 5.91 Å². The van der Waals surface area contributed by atoms with Crippen LogP contribution < -0.4 is 5.32 Å². The quantitative estimate of drug-likeness (QED) is 0.927. The van der Waals surface area contributed by atoms with Crippen LogP contribution in [-0.2, 0) is 11.3 Å². The molecule has 1 aromatic rings. The number of benzene rings is 1. The van der Waals surface area contributed by atoms with E-state index in [-0.39, 0.29) is 18.3 Å². The van der Waals surface area contributed by atoms with Gasteiger partial charge in [-0.25, -0.2) is 0 Å². The zero-order chi connectivity index (χ0) is 14.0. The summed E-state index contributed by atoms with van der Waals surface area (Å²) in [5.74, 6) is 0.659. The first-order valence-corrected chi connectivity index (χ1v) is 7.78. The molecule has 1 spiro atoms. The molecule has 3 nitrogen and oxygen atoms in total. The number of carbonyl (C=O) groups excluding carboxylic acids is 1. The number of rotatable bonds is 4. The molecular formula is C17H25ClN2O. The van der Waals surface area contributed by atoms with Crippen LogP contribution in [0, 0.1) is 11.3 Å². The van der Waals surface area contributed by atoms with Gasteiger partial charge in [-0.2, -0.15) is 0 Å². The van der Waals surface area contributed by atoms with Crippen molar-refractivity contribution in [2.24, 2.45) is 11.3 Å². The van der Waals surface area contributed by atoms with Crippen LogP contribution in [0.25, 0.3) is 0 Å². The Morgan fingerprint density at radius 1 is 1.29 bits per heavy atom. The van der Waals surface area contributed by atoms with Crippen molar-refractivity contribution in [3.63, 3.8) is 0 Å². The highest BCUT2D eigenvalue weighted by Crippen LogP contribution is 2.59. The Morgan fingerprint density at radius 3 is 2.57 bits per heavy atom. The van der Waals surface area contributed by atoms with Gasteiger partial charge in [-0.15, -0.1) is 12.4 Å². The molecule has 1 saturated carbocycles. The lowest BCUT2D eigenvalue weighted by Gasteiger charge is -2.26. The molecule has 2 aliphatic rings. The first-order valence-electron chi connectivity index (χ1n) is 7.78. The molecule has 3 rings (SSSR count). The van der Waals surface area contributed by atoms with Crippen LogP contribution in [0.2, 0.25) is 0 Å². The number of carbonyl (C=O) groups is 1. The van der Waals surface area contributed by atoms with Gasteiger partial charge in [0.25, 0.3) is 0 Å². The standard InChI is InChI=1S/C17H24N2O.ClH/c1-2-19(13-14-6-4-3-5-7-14)16(20)15-12-17(15)8-10-18-11-9-17;/h3-7,15,18H,2,8-13H2,1H3;1H. The molecule has 0 bridgehead atoms. The van der Waals surface area contributed by atoms with Gasteiger partial charge in [0.1, 0.15) is 0 Å². The largest absolute Gasteiger partial charge is 0.338 e. The predicted octanol–water partition coefficient (Wildman–Crippen LogP) is 2.85. The van der Waals surface area contributed by atoms with Gasteiger partial charge < -0.3 is 10.2 Å². The van der Waals surface area contributed by atoms with Crippen LogP contribution in [0.3, 0.4) is 0 Å². The molecular weight excluding hydrogens is 284 g/mol. The van der Waals surface area contributed by atoms with E-state index < -0.39 is 0 Å². The molecule has 0 radical (unpaired) electrons. The fourth-order valence-electron chi connectivity index (χ4n) is 3.54. The summed E-state index contributed by atoms with van der Waals surface area (Å²) in [5.41, 5.74) is 1.56. The Balaban J connectivity index is 0.00000161. The number of hydrogen-bond acceptors (Lipinski definition) is 2. The van der Waals surface area contributed by atoms with Crippen LogP contribution in [0.5, 0.6) is 0 Å². The van der Waals surface area contributed by atoms with Crippen molar-refractivity contribution in [2.75, 3.05) is 19.6 Å². The van der Waals surface area contributed by atoms with Crippen molar-refractivity contribution in [1.82, 2.24) is 10.2 Å². The second kappa shape index (κ2) is 6.80. The van der Waals surface area contributed by atoms with E-state index in [0.717, 1.165) is 32.6 Å². The fourth-order valence-corrected chi connectivity index (χ4v) is 3.54. The minimum Gasteiger partial charge on any atom is -0.338 e. The molecule has 1 aromatic carbocycles. The normalized spacial score (nSPS) is 22.4. The van der Waals surface area contributed by atoms with E-state index in [1.54, 1.807) is 0 Å². The number of piperidine rings is 1. The third-order valence-electron chi connectivity index (χ3n) is 5.00. The van der Waals surface area contributed by atoms with Crippen LogP contribution in [-0.4, -0.2) is 30.4 Å². The van der Waals surface area contributed by atoms with Gasteiger partial charge >= 0.3 is 0 Å². The number of amides is 1. The Kier molecular flexibility index (Phi) is 5.28. The Morgan fingerprint density at radius 2 is 1.95 bits per heavy atom. The van der Waals surface area contributed by atoms with E-state index in [1.807, 2.05) is 23.1 Å². The van der Waals surface area contributed by atoms with Gasteiger partial charge in [-0.3, -0.25) is 4.79 Å². The van der Waals surface area contributed by atoms with E-state index in [2.05, 4.69) is 24.4 Å². The van der Waals surface area contributed by atoms with E-state index in [9.17, 15) is 4.79 Å². The molecule has 116 valence electrons. The lowest BCUT2D eigenvalue weighted by atomic mass is 9.91. The molecule has 1 heterocycles. The highest BCUT2D eigenvalue weighted by Gasteiger charge is 2.58. The molecule has 1 aliphatic carbocycles. The van der Waals surface area contributed by atoms with Crippen molar-refractivity contribution in [3.8, 4) is 0 Å². The zero-order valence-electron chi connectivity index (χ0n) is 12.7. The smallest absolute Gasteiger partial charge is 0.226 e. The van der Waals surface area contributed by atoms with Crippen molar-refractivity contribution >= 4 is 18.3 Å². The number of nitrogens with zero attached hydrogens (tertiary/aromatic N) is 1. The van der Waals surface area contributed by atoms with Gasteiger partial charge in [0.05, 0.1) is 0 Å². The van der Waals surface area contributed by atoms with Gasteiger partial charge in [-0.1, -0.05) is 30.3 Å². The summed E-state index contributed by atoms with van der Waals surface area (Å²) in [4.78, 5) is 14.7. The number of nitrogens with one attached hydrogen (secondary N) is 1. The summed E-state index contributed by atoms with van der Waals surface area (Å²) >= 11 is 0. The topological polar surface area (TPSA) is 32.3 Å². The van der Waals surface area contributed by atoms with Crippen molar-refractivity contribution < 1.29 is 4.79 Å². The Labute approximate surface area is 133 Å². The van der Waals surface area contributed by atoms with E-state index in [1.165, 1.54) is 18.4 Å². The second-order valence-electron chi connectivity index (χ2n) is 6.21. The van der Waals surface area contributed by atoms with Crippen molar-refractivity contribution in [2.45, 2.75) is 32.7 Å². The Bertz CT molecular complexity index is 471. The SMILES string of the molecule is CCN(Cc1ccccc1)C(=O)C1CC12CCNCC2.Cl. The maximum atomic E-state index is 12.7. The zero-order valence-corrected chi connectivity index (χ0v) is 13.5. The highest BCUT2D eigenvalue weighted by molar-refractivity contribution is 5.85. The first-order chi connectivity index (χ1) is 9.75. The van der Waals surface area contributed by atoms with E-state index in [0.29, 0.717) is 11.3 Å². The molecule has 1 N–H and O–H groups in total. The predicted molar refractivity (Wildman–Crippen MR) is 87.4 cm³/mol. The summed E-state index contributed by atoms with van der Waals surface area (Å²) in [5, 5.41) is 3.40. The number of halogens is 1. The Hall–Kier alpha value is -1.06. The van der Waals surface area contributed by atoms with E-state index >= 15 is 0 Å². The molecule has 4 heteroatoms. The van der Waals surface area contributed by atoms with Crippen molar-refractivity contribution in [1.29, 1.82) is 0 Å². The molecule has 0 aromatic heterocycles. The summed E-state index contributed by atoms with van der Waals surface area (Å²) in [7, 11) is 0. The molecule has 21 heavy (non-hydrogen) atoms. The van der Waals surface area contributed by atoms with Gasteiger partial charge in [0.15, 0.2) is 0 Å². The third-order valence-corrected chi connectivity index (χ3v) is 5.00. The summed E-state index contributed by atoms with van der Waals surface area (Å²) in [6.07, 6.45) is 3.46. The van der Waals surface area contributed by atoms with Crippen LogP contribution in [0.15, 0.2) is 30.3 Å².